The lowest BCUT2D eigenvalue weighted by Crippen LogP contribution is -2.66. The first-order valence-corrected chi connectivity index (χ1v) is 20.1. The Labute approximate surface area is 337 Å². The predicted octanol–water partition coefficient (Wildman–Crippen LogP) is 2.77. The van der Waals surface area contributed by atoms with Gasteiger partial charge in [0.05, 0.1) is 36.9 Å². The van der Waals surface area contributed by atoms with Crippen LogP contribution >= 0.6 is 0 Å². The maximum absolute atomic E-state index is 13.3. The number of carbonyl (C=O) groups is 4. The number of allylic oxidation sites excluding steroid dienone is 2. The van der Waals surface area contributed by atoms with Gasteiger partial charge in [-0.15, -0.1) is 0 Å². The van der Waals surface area contributed by atoms with Crippen LogP contribution in [0.2, 0.25) is 0 Å². The number of aliphatic hydroxyl groups excluding tert-OH is 2. The molecule has 2 fully saturated rings. The number of hydrogen-bond acceptors (Lipinski definition) is 16. The summed E-state index contributed by atoms with van der Waals surface area (Å²) in [5, 5.41) is 34.5. The number of esters is 3. The van der Waals surface area contributed by atoms with Crippen molar-refractivity contribution in [3.63, 3.8) is 0 Å². The zero-order chi connectivity index (χ0) is 42.6. The van der Waals surface area contributed by atoms with Crippen molar-refractivity contribution in [2.75, 3.05) is 21.2 Å². The summed E-state index contributed by atoms with van der Waals surface area (Å²) < 4.78 is 48.5. The summed E-state index contributed by atoms with van der Waals surface area (Å²) in [6.07, 6.45) is -4.08. The van der Waals surface area contributed by atoms with E-state index in [1.807, 2.05) is 13.0 Å². The van der Waals surface area contributed by atoms with E-state index < -0.39 is 121 Å². The van der Waals surface area contributed by atoms with Gasteiger partial charge in [-0.1, -0.05) is 45.1 Å². The van der Waals surface area contributed by atoms with Gasteiger partial charge in [0.15, 0.2) is 18.7 Å². The molecular weight excluding hydrogens is 746 g/mol. The molecule has 16 atom stereocenters. The maximum atomic E-state index is 13.3. The van der Waals surface area contributed by atoms with Crippen molar-refractivity contribution in [1.82, 2.24) is 4.90 Å². The first-order valence-electron chi connectivity index (χ1n) is 20.1. The van der Waals surface area contributed by atoms with Crippen LogP contribution < -0.4 is 0 Å². The Hall–Kier alpha value is -2.80. The molecule has 0 bridgehead atoms. The topological polar surface area (TPSA) is 206 Å². The van der Waals surface area contributed by atoms with Crippen LogP contribution in [0.5, 0.6) is 0 Å². The van der Waals surface area contributed by atoms with Gasteiger partial charge in [0, 0.05) is 39.2 Å². The van der Waals surface area contributed by atoms with Gasteiger partial charge in [-0.05, 0) is 60.0 Å². The fourth-order valence-electron chi connectivity index (χ4n) is 7.82. The van der Waals surface area contributed by atoms with Gasteiger partial charge in [-0.3, -0.25) is 14.4 Å². The SMILES string of the molecule is CCC(=O)O[C@@H]1CC(=O)O[C@H](C)C/C=C\C=C/[C@H](O)[C@H](C)C[C@H](CC=O)[C@H](O[C@@H]2O[C@H](C)[C@@H](O[C@H]3C[C@@](C)(O)[C@@H](OC(=O)CC)[C@H](C)O3)[C@H](N(C)C)[C@H]2O)[C@H]1OC. The Bertz CT molecular complexity index is 1350. The first-order chi connectivity index (χ1) is 26.9. The molecule has 3 aliphatic rings. The van der Waals surface area contributed by atoms with E-state index >= 15 is 0 Å². The van der Waals surface area contributed by atoms with Gasteiger partial charge in [0.1, 0.15) is 42.4 Å². The summed E-state index contributed by atoms with van der Waals surface area (Å²) in [6, 6.07) is -0.779. The van der Waals surface area contributed by atoms with Crippen LogP contribution in [0, 0.1) is 11.8 Å². The molecule has 0 aliphatic carbocycles. The molecule has 326 valence electrons. The second-order valence-electron chi connectivity index (χ2n) is 16.0. The number of hydrogen-bond donors (Lipinski definition) is 3. The Balaban J connectivity index is 2.01. The van der Waals surface area contributed by atoms with Crippen molar-refractivity contribution in [3.8, 4) is 0 Å². The number of carbonyl (C=O) groups excluding carboxylic acids is 4. The molecule has 0 spiro atoms. The minimum absolute atomic E-state index is 0.000633. The molecule has 0 aromatic carbocycles. The van der Waals surface area contributed by atoms with Gasteiger partial charge in [-0.25, -0.2) is 0 Å². The molecule has 3 rings (SSSR count). The number of ether oxygens (including phenoxy) is 8. The maximum Gasteiger partial charge on any atom is 0.309 e. The van der Waals surface area contributed by atoms with Gasteiger partial charge in [0.2, 0.25) is 0 Å². The van der Waals surface area contributed by atoms with E-state index in [4.69, 9.17) is 37.9 Å². The first kappa shape index (κ1) is 48.6. The third-order valence-electron chi connectivity index (χ3n) is 10.9. The number of nitrogens with zero attached hydrogens (tertiary/aromatic N) is 1. The highest BCUT2D eigenvalue weighted by Crippen LogP contribution is 2.37. The Morgan fingerprint density at radius 3 is 2.23 bits per heavy atom. The molecule has 3 heterocycles. The zero-order valence-electron chi connectivity index (χ0n) is 35.2. The molecule has 3 aliphatic heterocycles. The smallest absolute Gasteiger partial charge is 0.309 e. The second-order valence-corrected chi connectivity index (χ2v) is 16.0. The molecule has 0 saturated carbocycles. The average molecular weight is 814 g/mol. The average Bonchev–Trinajstić information content (AvgIpc) is 3.13. The monoisotopic (exact) mass is 813 g/mol. The minimum atomic E-state index is -1.49. The Morgan fingerprint density at radius 2 is 1.63 bits per heavy atom. The van der Waals surface area contributed by atoms with Gasteiger partial charge < -0.3 is 62.9 Å². The van der Waals surface area contributed by atoms with Crippen molar-refractivity contribution in [3.05, 3.63) is 24.3 Å². The van der Waals surface area contributed by atoms with E-state index in [1.165, 1.54) is 7.11 Å². The fraction of sp³-hybridized carbons (Fsp3) is 0.805. The molecule has 16 nitrogen and oxygen atoms in total. The molecule has 0 unspecified atom stereocenters. The predicted molar refractivity (Wildman–Crippen MR) is 205 cm³/mol. The minimum Gasteiger partial charge on any atom is -0.462 e. The summed E-state index contributed by atoms with van der Waals surface area (Å²) in [7, 11) is 4.86. The van der Waals surface area contributed by atoms with E-state index in [-0.39, 0.29) is 32.1 Å². The number of aliphatic hydroxyl groups is 3. The molecule has 0 radical (unpaired) electrons. The third-order valence-corrected chi connectivity index (χ3v) is 10.9. The Morgan fingerprint density at radius 1 is 0.965 bits per heavy atom. The lowest BCUT2D eigenvalue weighted by molar-refractivity contribution is -0.344. The molecule has 57 heavy (non-hydrogen) atoms. The highest BCUT2D eigenvalue weighted by Gasteiger charge is 2.53. The molecule has 3 N–H and O–H groups in total. The van der Waals surface area contributed by atoms with Crippen LogP contribution in [0.25, 0.3) is 0 Å². The summed E-state index contributed by atoms with van der Waals surface area (Å²) in [5.41, 5.74) is -1.49. The lowest BCUT2D eigenvalue weighted by atomic mass is 9.82. The quantitative estimate of drug-likeness (QED) is 0.147. The standard InChI is InChI=1S/C41H67NO15/c1-11-30(45)54-29-21-32(47)51-24(4)16-14-13-15-17-28(44)23(3)20-27(18-19-43)37(38(29)50-10)57-40-35(48)34(42(8)9)36(25(5)53-40)56-33-22-41(7,49)39(26(6)52-33)55-31(46)12-2/h13-15,17,19,23-29,33-40,44,48-49H,11-12,16,18,20-22H2,1-10H3/b14-13-,17-15-/t23-,24-,25-,26+,27+,28+,29-,33+,34-,35-,36-,37+,38+,39+,40+,41-/m1/s1. The fourth-order valence-corrected chi connectivity index (χ4v) is 7.82. The van der Waals surface area contributed by atoms with E-state index in [0.717, 1.165) is 0 Å². The van der Waals surface area contributed by atoms with E-state index in [0.29, 0.717) is 12.7 Å². The van der Waals surface area contributed by atoms with Crippen molar-refractivity contribution >= 4 is 24.2 Å². The highest BCUT2D eigenvalue weighted by atomic mass is 16.7. The molecule has 0 aromatic rings. The number of likely N-dealkylation sites (N-methyl/N-ethyl adjacent to an activating group) is 1. The summed E-state index contributed by atoms with van der Waals surface area (Å²) >= 11 is 0. The van der Waals surface area contributed by atoms with Gasteiger partial charge >= 0.3 is 17.9 Å². The normalized spacial score (nSPS) is 41.1. The Kier molecular flexibility index (Phi) is 19.2. The van der Waals surface area contributed by atoms with Crippen LogP contribution in [0.3, 0.4) is 0 Å². The number of cyclic esters (lactones) is 1. The van der Waals surface area contributed by atoms with Crippen LogP contribution in [0.4, 0.5) is 0 Å². The highest BCUT2D eigenvalue weighted by molar-refractivity contribution is 5.72. The second kappa shape index (κ2) is 22.5. The van der Waals surface area contributed by atoms with Crippen molar-refractivity contribution in [2.45, 2.75) is 179 Å². The summed E-state index contributed by atoms with van der Waals surface area (Å²) in [4.78, 5) is 52.3. The van der Waals surface area contributed by atoms with E-state index in [2.05, 4.69) is 0 Å². The van der Waals surface area contributed by atoms with Crippen molar-refractivity contribution < 1.29 is 72.4 Å². The van der Waals surface area contributed by atoms with E-state index in [1.54, 1.807) is 78.8 Å². The summed E-state index contributed by atoms with van der Waals surface area (Å²) in [5.74, 6) is -2.82. The van der Waals surface area contributed by atoms with Crippen LogP contribution in [0.1, 0.15) is 93.4 Å². The van der Waals surface area contributed by atoms with Gasteiger partial charge in [0.25, 0.3) is 0 Å². The summed E-state index contributed by atoms with van der Waals surface area (Å²) in [6.45, 7) is 11.8. The molecule has 16 heteroatoms. The van der Waals surface area contributed by atoms with Crippen LogP contribution in [-0.4, -0.2) is 151 Å². The van der Waals surface area contributed by atoms with Crippen LogP contribution in [0.15, 0.2) is 24.3 Å². The van der Waals surface area contributed by atoms with Crippen molar-refractivity contribution in [2.24, 2.45) is 11.8 Å². The number of rotatable bonds is 12. The number of aldehydes is 1. The van der Waals surface area contributed by atoms with Crippen molar-refractivity contribution in [1.29, 1.82) is 0 Å². The molecule has 2 saturated heterocycles. The lowest BCUT2D eigenvalue weighted by Gasteiger charge is -2.50. The zero-order valence-corrected chi connectivity index (χ0v) is 35.2. The molecule has 0 amide bonds. The third kappa shape index (κ3) is 13.6. The molecular formula is C41H67NO15. The molecule has 0 aromatic heterocycles. The largest absolute Gasteiger partial charge is 0.462 e. The van der Waals surface area contributed by atoms with E-state index in [9.17, 15) is 34.5 Å². The number of methoxy groups -OCH3 is 1. The van der Waals surface area contributed by atoms with Gasteiger partial charge in [-0.2, -0.15) is 0 Å². The van der Waals surface area contributed by atoms with Crippen LogP contribution in [-0.2, 0) is 57.1 Å².